The highest BCUT2D eigenvalue weighted by molar-refractivity contribution is 6.23. The molecule has 0 saturated heterocycles. The van der Waals surface area contributed by atoms with E-state index in [2.05, 4.69) is 0 Å². The maximum Gasteiger partial charge on any atom is 0.340 e. The molecule has 6 heteroatoms. The van der Waals surface area contributed by atoms with Crippen LogP contribution in [0.2, 0.25) is 0 Å². The van der Waals surface area contributed by atoms with Crippen LogP contribution >= 0.6 is 0 Å². The number of para-hydroxylation sites is 1. The van der Waals surface area contributed by atoms with E-state index in [9.17, 15) is 18.4 Å². The average molecular weight is 355 g/mol. The maximum absolute atomic E-state index is 14.2. The topological polar surface area (TPSA) is 46.6 Å². The predicted octanol–water partition coefficient (Wildman–Crippen LogP) is 3.84. The van der Waals surface area contributed by atoms with Crippen LogP contribution < -0.4 is 4.90 Å². The Balaban J connectivity index is 2.20. The zero-order chi connectivity index (χ0) is 18.8. The van der Waals surface area contributed by atoms with Gasteiger partial charge in [-0.3, -0.25) is 9.69 Å². The zero-order valence-corrected chi connectivity index (χ0v) is 14.1. The number of methoxy groups -OCH3 is 1. The van der Waals surface area contributed by atoms with E-state index in [0.29, 0.717) is 0 Å². The lowest BCUT2D eigenvalue weighted by atomic mass is 10.0. The standard InChI is InChI=1S/C20H15F2NO3/c1-12-18(20(25)26-2)14(11-13-7-3-4-8-15(13)21)19(24)23(12)17-10-6-5-9-16(17)22/h3-11H,1-2H3/b14-11+. The normalized spacial score (nSPS) is 15.8. The van der Waals surface area contributed by atoms with Crippen molar-refractivity contribution in [2.45, 2.75) is 6.92 Å². The minimum Gasteiger partial charge on any atom is -0.465 e. The smallest absolute Gasteiger partial charge is 0.340 e. The molecule has 0 bridgehead atoms. The number of hydrogen-bond acceptors (Lipinski definition) is 3. The monoisotopic (exact) mass is 355 g/mol. The van der Waals surface area contributed by atoms with Crippen molar-refractivity contribution in [3.63, 3.8) is 0 Å². The highest BCUT2D eigenvalue weighted by atomic mass is 19.1. The molecule has 0 saturated carbocycles. The van der Waals surface area contributed by atoms with E-state index in [4.69, 9.17) is 4.74 Å². The second kappa shape index (κ2) is 6.92. The second-order valence-corrected chi connectivity index (χ2v) is 5.62. The van der Waals surface area contributed by atoms with E-state index in [1.165, 1.54) is 56.5 Å². The fourth-order valence-electron chi connectivity index (χ4n) is 2.85. The second-order valence-electron chi connectivity index (χ2n) is 5.62. The van der Waals surface area contributed by atoms with E-state index in [0.717, 1.165) is 4.90 Å². The zero-order valence-electron chi connectivity index (χ0n) is 14.1. The number of carbonyl (C=O) groups is 2. The third-order valence-electron chi connectivity index (χ3n) is 4.09. The quantitative estimate of drug-likeness (QED) is 0.621. The van der Waals surface area contributed by atoms with Crippen molar-refractivity contribution in [1.82, 2.24) is 0 Å². The summed E-state index contributed by atoms with van der Waals surface area (Å²) < 4.78 is 33.0. The van der Waals surface area contributed by atoms with Crippen LogP contribution in [-0.4, -0.2) is 19.0 Å². The average Bonchev–Trinajstić information content (AvgIpc) is 2.87. The van der Waals surface area contributed by atoms with Gasteiger partial charge in [-0.25, -0.2) is 13.6 Å². The molecular weight excluding hydrogens is 340 g/mol. The van der Waals surface area contributed by atoms with Gasteiger partial charge < -0.3 is 4.74 Å². The van der Waals surface area contributed by atoms with Crippen LogP contribution in [0.1, 0.15) is 12.5 Å². The first-order valence-corrected chi connectivity index (χ1v) is 7.80. The predicted molar refractivity (Wildman–Crippen MR) is 93.0 cm³/mol. The van der Waals surface area contributed by atoms with Gasteiger partial charge in [0.05, 0.1) is 23.9 Å². The van der Waals surface area contributed by atoms with Gasteiger partial charge in [0.1, 0.15) is 11.6 Å². The van der Waals surface area contributed by atoms with Crippen molar-refractivity contribution >= 4 is 23.6 Å². The van der Waals surface area contributed by atoms with Crippen LogP contribution in [0.15, 0.2) is 65.4 Å². The lowest BCUT2D eigenvalue weighted by molar-refractivity contribution is -0.136. The van der Waals surface area contributed by atoms with Gasteiger partial charge in [0, 0.05) is 11.3 Å². The summed E-state index contributed by atoms with van der Waals surface area (Å²) in [5.41, 5.74) is 0.287. The molecule has 0 N–H and O–H groups in total. The number of allylic oxidation sites excluding steroid dienone is 1. The first kappa shape index (κ1) is 17.5. The Morgan fingerprint density at radius 2 is 1.65 bits per heavy atom. The summed E-state index contributed by atoms with van der Waals surface area (Å²) in [4.78, 5) is 26.3. The summed E-state index contributed by atoms with van der Waals surface area (Å²) in [6.07, 6.45) is 1.27. The molecule has 1 heterocycles. The SMILES string of the molecule is COC(=O)C1=C(C)N(c2ccccc2F)C(=O)/C1=C/c1ccccc1F. The van der Waals surface area contributed by atoms with Crippen LogP contribution in [0.25, 0.3) is 6.08 Å². The molecular formula is C20H15F2NO3. The number of amides is 1. The van der Waals surface area contributed by atoms with Gasteiger partial charge in [-0.05, 0) is 31.2 Å². The number of esters is 1. The number of ether oxygens (including phenoxy) is 1. The lowest BCUT2D eigenvalue weighted by Crippen LogP contribution is -2.25. The summed E-state index contributed by atoms with van der Waals surface area (Å²) in [5.74, 6) is -2.54. The fraction of sp³-hybridized carbons (Fsp3) is 0.100. The lowest BCUT2D eigenvalue weighted by Gasteiger charge is -2.18. The summed E-state index contributed by atoms with van der Waals surface area (Å²) in [6, 6.07) is 11.6. The summed E-state index contributed by atoms with van der Waals surface area (Å²) in [7, 11) is 1.18. The summed E-state index contributed by atoms with van der Waals surface area (Å²) >= 11 is 0. The fourth-order valence-corrected chi connectivity index (χ4v) is 2.85. The number of hydrogen-bond donors (Lipinski definition) is 0. The molecule has 1 amide bonds. The molecule has 0 radical (unpaired) electrons. The van der Waals surface area contributed by atoms with E-state index in [1.54, 1.807) is 12.1 Å². The molecule has 2 aromatic rings. The molecule has 0 aromatic heterocycles. The van der Waals surface area contributed by atoms with Gasteiger partial charge >= 0.3 is 5.97 Å². The minimum absolute atomic E-state index is 0.00772. The molecule has 132 valence electrons. The summed E-state index contributed by atoms with van der Waals surface area (Å²) in [6.45, 7) is 1.51. The van der Waals surface area contributed by atoms with Gasteiger partial charge in [0.25, 0.3) is 5.91 Å². The highest BCUT2D eigenvalue weighted by Gasteiger charge is 2.38. The summed E-state index contributed by atoms with van der Waals surface area (Å²) in [5, 5.41) is 0. The van der Waals surface area contributed by atoms with Crippen molar-refractivity contribution < 1.29 is 23.1 Å². The number of rotatable bonds is 3. The molecule has 4 nitrogen and oxygen atoms in total. The van der Waals surface area contributed by atoms with E-state index < -0.39 is 23.5 Å². The number of halogens is 2. The van der Waals surface area contributed by atoms with Crippen LogP contribution in [0.5, 0.6) is 0 Å². The minimum atomic E-state index is -0.753. The van der Waals surface area contributed by atoms with Crippen LogP contribution in [0.3, 0.4) is 0 Å². The van der Waals surface area contributed by atoms with Gasteiger partial charge in [0.2, 0.25) is 0 Å². The Hall–Kier alpha value is -3.28. The molecule has 26 heavy (non-hydrogen) atoms. The van der Waals surface area contributed by atoms with Gasteiger partial charge in [-0.2, -0.15) is 0 Å². The highest BCUT2D eigenvalue weighted by Crippen LogP contribution is 2.36. The van der Waals surface area contributed by atoms with E-state index >= 15 is 0 Å². The molecule has 0 unspecified atom stereocenters. The Labute approximate surface area is 149 Å². The van der Waals surface area contributed by atoms with Crippen LogP contribution in [-0.2, 0) is 14.3 Å². The molecule has 2 aromatic carbocycles. The molecule has 0 fully saturated rings. The van der Waals surface area contributed by atoms with Crippen molar-refractivity contribution in [3.05, 3.63) is 82.6 Å². The van der Waals surface area contributed by atoms with Gasteiger partial charge in [0.15, 0.2) is 0 Å². The largest absolute Gasteiger partial charge is 0.465 e. The molecule has 3 rings (SSSR count). The first-order valence-electron chi connectivity index (χ1n) is 7.80. The van der Waals surface area contributed by atoms with Gasteiger partial charge in [-0.1, -0.05) is 30.3 Å². The number of nitrogens with zero attached hydrogens (tertiary/aromatic N) is 1. The molecule has 1 aliphatic heterocycles. The number of benzene rings is 2. The maximum atomic E-state index is 14.2. The molecule has 1 aliphatic rings. The van der Waals surface area contributed by atoms with Crippen molar-refractivity contribution in [2.75, 3.05) is 12.0 Å². The van der Waals surface area contributed by atoms with Gasteiger partial charge in [-0.15, -0.1) is 0 Å². The Bertz CT molecular complexity index is 963. The third-order valence-corrected chi connectivity index (χ3v) is 4.09. The molecule has 0 aliphatic carbocycles. The Morgan fingerprint density at radius 3 is 2.27 bits per heavy atom. The Kier molecular flexibility index (Phi) is 4.67. The third kappa shape index (κ3) is 2.90. The first-order chi connectivity index (χ1) is 12.5. The number of carbonyl (C=O) groups excluding carboxylic acids is 2. The van der Waals surface area contributed by atoms with Crippen LogP contribution in [0, 0.1) is 11.6 Å². The van der Waals surface area contributed by atoms with E-state index in [-0.39, 0.29) is 28.1 Å². The van der Waals surface area contributed by atoms with Crippen molar-refractivity contribution in [3.8, 4) is 0 Å². The van der Waals surface area contributed by atoms with E-state index in [1.807, 2.05) is 0 Å². The molecule has 0 atom stereocenters. The van der Waals surface area contributed by atoms with Crippen molar-refractivity contribution in [1.29, 1.82) is 0 Å². The molecule has 0 spiro atoms. The van der Waals surface area contributed by atoms with Crippen LogP contribution in [0.4, 0.5) is 14.5 Å². The Morgan fingerprint density at radius 1 is 1.04 bits per heavy atom. The van der Waals surface area contributed by atoms with Crippen molar-refractivity contribution in [2.24, 2.45) is 0 Å². The number of anilines is 1.